The van der Waals surface area contributed by atoms with Crippen LogP contribution >= 0.6 is 0 Å². The zero-order valence-corrected chi connectivity index (χ0v) is 10.1. The van der Waals surface area contributed by atoms with Crippen molar-refractivity contribution in [2.45, 2.75) is 12.6 Å². The van der Waals surface area contributed by atoms with Crippen molar-refractivity contribution in [3.8, 4) is 5.75 Å². The fraction of sp³-hybridized carbons (Fsp3) is 0.231. The molecule has 0 fully saturated rings. The van der Waals surface area contributed by atoms with Crippen LogP contribution in [0, 0.1) is 0 Å². The summed E-state index contributed by atoms with van der Waals surface area (Å²) in [6.07, 6.45) is 4.35. The van der Waals surface area contributed by atoms with Gasteiger partial charge in [-0.2, -0.15) is 0 Å². The predicted octanol–water partition coefficient (Wildman–Crippen LogP) is 1.02. The number of nitrogens with zero attached hydrogens (tertiary/aromatic N) is 2. The molecule has 0 radical (unpaired) electrons. The minimum atomic E-state index is -0.980. The molecule has 0 spiro atoms. The van der Waals surface area contributed by atoms with Gasteiger partial charge in [0.1, 0.15) is 18.5 Å². The first-order chi connectivity index (χ1) is 9.15. The standard InChI is InChI=1S/C13H14N2O4/c16-11(7-15-6-5-14-9-15)8-19-12-3-1-10(2-4-12)13(17)18/h1-6,9,11,16H,7-8H2,(H,17,18)/t11-/m1/s1. The fourth-order valence-electron chi connectivity index (χ4n) is 1.58. The summed E-state index contributed by atoms with van der Waals surface area (Å²) in [6.45, 7) is 0.526. The van der Waals surface area contributed by atoms with Crippen molar-refractivity contribution in [1.29, 1.82) is 0 Å². The molecular formula is C13H14N2O4. The van der Waals surface area contributed by atoms with E-state index in [-0.39, 0.29) is 12.2 Å². The maximum Gasteiger partial charge on any atom is 0.335 e. The Hall–Kier alpha value is -2.34. The van der Waals surface area contributed by atoms with Crippen LogP contribution in [-0.2, 0) is 6.54 Å². The SMILES string of the molecule is O=C(O)c1ccc(OC[C@H](O)Cn2ccnc2)cc1. The summed E-state index contributed by atoms with van der Waals surface area (Å²) >= 11 is 0. The molecule has 0 saturated heterocycles. The van der Waals surface area contributed by atoms with Gasteiger partial charge < -0.3 is 19.5 Å². The highest BCUT2D eigenvalue weighted by Crippen LogP contribution is 2.12. The first kappa shape index (κ1) is 13.1. The molecular weight excluding hydrogens is 248 g/mol. The van der Waals surface area contributed by atoms with Crippen LogP contribution in [0.3, 0.4) is 0 Å². The Balaban J connectivity index is 1.83. The monoisotopic (exact) mass is 262 g/mol. The highest BCUT2D eigenvalue weighted by atomic mass is 16.5. The van der Waals surface area contributed by atoms with Crippen molar-refractivity contribution < 1.29 is 19.7 Å². The lowest BCUT2D eigenvalue weighted by molar-refractivity contribution is 0.0696. The van der Waals surface area contributed by atoms with E-state index in [0.29, 0.717) is 12.3 Å². The number of benzene rings is 1. The first-order valence-corrected chi connectivity index (χ1v) is 5.75. The third kappa shape index (κ3) is 3.82. The summed E-state index contributed by atoms with van der Waals surface area (Å²) in [6, 6.07) is 6.04. The van der Waals surface area contributed by atoms with Crippen LogP contribution in [0.5, 0.6) is 5.75 Å². The molecule has 6 nitrogen and oxygen atoms in total. The number of aromatic nitrogens is 2. The number of aromatic carboxylic acids is 1. The summed E-state index contributed by atoms with van der Waals surface area (Å²) in [5.41, 5.74) is 0.200. The Morgan fingerprint density at radius 1 is 1.37 bits per heavy atom. The Labute approximate surface area is 109 Å². The molecule has 1 aromatic heterocycles. The Kier molecular flexibility index (Phi) is 4.15. The van der Waals surface area contributed by atoms with Crippen molar-refractivity contribution in [2.24, 2.45) is 0 Å². The average Bonchev–Trinajstić information content (AvgIpc) is 2.89. The summed E-state index contributed by atoms with van der Waals surface area (Å²) in [4.78, 5) is 14.5. The second-order valence-electron chi connectivity index (χ2n) is 4.05. The predicted molar refractivity (Wildman–Crippen MR) is 67.1 cm³/mol. The molecule has 2 rings (SSSR count). The lowest BCUT2D eigenvalue weighted by Gasteiger charge is -2.12. The van der Waals surface area contributed by atoms with Crippen molar-refractivity contribution in [1.82, 2.24) is 9.55 Å². The second-order valence-corrected chi connectivity index (χ2v) is 4.05. The Morgan fingerprint density at radius 3 is 2.68 bits per heavy atom. The first-order valence-electron chi connectivity index (χ1n) is 5.75. The average molecular weight is 262 g/mol. The number of hydrogen-bond acceptors (Lipinski definition) is 4. The van der Waals surface area contributed by atoms with Crippen molar-refractivity contribution in [3.05, 3.63) is 48.5 Å². The van der Waals surface area contributed by atoms with Gasteiger partial charge in [-0.1, -0.05) is 0 Å². The van der Waals surface area contributed by atoms with Gasteiger partial charge in [0.05, 0.1) is 18.4 Å². The fourth-order valence-corrected chi connectivity index (χ4v) is 1.58. The maximum atomic E-state index is 10.7. The van der Waals surface area contributed by atoms with E-state index in [1.165, 1.54) is 12.1 Å². The number of rotatable bonds is 6. The van der Waals surface area contributed by atoms with Crippen LogP contribution in [0.2, 0.25) is 0 Å². The van der Waals surface area contributed by atoms with Crippen molar-refractivity contribution >= 4 is 5.97 Å². The zero-order chi connectivity index (χ0) is 13.7. The third-order valence-corrected chi connectivity index (χ3v) is 2.52. The van der Waals surface area contributed by atoms with Crippen LogP contribution in [0.15, 0.2) is 43.0 Å². The topological polar surface area (TPSA) is 84.6 Å². The van der Waals surface area contributed by atoms with E-state index in [4.69, 9.17) is 9.84 Å². The quantitative estimate of drug-likeness (QED) is 0.812. The number of carboxylic acids is 1. The molecule has 0 aliphatic heterocycles. The largest absolute Gasteiger partial charge is 0.491 e. The number of aliphatic hydroxyl groups excluding tert-OH is 1. The van der Waals surface area contributed by atoms with Crippen LogP contribution < -0.4 is 4.74 Å². The normalized spacial score (nSPS) is 12.1. The number of carboxylic acid groups (broad SMARTS) is 1. The van der Waals surface area contributed by atoms with Crippen LogP contribution in [0.25, 0.3) is 0 Å². The van der Waals surface area contributed by atoms with Crippen LogP contribution in [0.1, 0.15) is 10.4 Å². The zero-order valence-electron chi connectivity index (χ0n) is 10.1. The summed E-state index contributed by atoms with van der Waals surface area (Å²) in [7, 11) is 0. The van der Waals surface area contributed by atoms with Crippen LogP contribution in [0.4, 0.5) is 0 Å². The lowest BCUT2D eigenvalue weighted by atomic mass is 10.2. The van der Waals surface area contributed by atoms with Gasteiger partial charge in [0.25, 0.3) is 0 Å². The molecule has 1 atom stereocenters. The number of hydrogen-bond donors (Lipinski definition) is 2. The van der Waals surface area contributed by atoms with E-state index in [1.54, 1.807) is 35.4 Å². The smallest absolute Gasteiger partial charge is 0.335 e. The molecule has 1 aromatic carbocycles. The molecule has 2 N–H and O–H groups in total. The summed E-state index contributed by atoms with van der Waals surface area (Å²) in [5, 5.41) is 18.5. The minimum absolute atomic E-state index is 0.130. The van der Waals surface area contributed by atoms with Gasteiger partial charge in [0.15, 0.2) is 0 Å². The van der Waals surface area contributed by atoms with Gasteiger partial charge in [-0.05, 0) is 24.3 Å². The van der Waals surface area contributed by atoms with E-state index in [1.807, 2.05) is 0 Å². The van der Waals surface area contributed by atoms with E-state index in [0.717, 1.165) is 0 Å². The summed E-state index contributed by atoms with van der Waals surface area (Å²) < 4.78 is 7.13. The highest BCUT2D eigenvalue weighted by Gasteiger charge is 2.07. The molecule has 1 heterocycles. The van der Waals surface area contributed by atoms with E-state index in [9.17, 15) is 9.90 Å². The molecule has 0 bridgehead atoms. The van der Waals surface area contributed by atoms with Gasteiger partial charge >= 0.3 is 5.97 Å². The molecule has 0 amide bonds. The molecule has 100 valence electrons. The van der Waals surface area contributed by atoms with Crippen LogP contribution in [-0.4, -0.2) is 38.4 Å². The maximum absolute atomic E-state index is 10.7. The van der Waals surface area contributed by atoms with E-state index in [2.05, 4.69) is 4.98 Å². The molecule has 6 heteroatoms. The van der Waals surface area contributed by atoms with Crippen molar-refractivity contribution in [2.75, 3.05) is 6.61 Å². The molecule has 0 aliphatic carbocycles. The number of aliphatic hydroxyl groups is 1. The van der Waals surface area contributed by atoms with E-state index >= 15 is 0 Å². The molecule has 2 aromatic rings. The van der Waals surface area contributed by atoms with Gasteiger partial charge in [0.2, 0.25) is 0 Å². The molecule has 0 saturated carbocycles. The Bertz CT molecular complexity index is 522. The van der Waals surface area contributed by atoms with E-state index < -0.39 is 12.1 Å². The summed E-state index contributed by atoms with van der Waals surface area (Å²) in [5.74, 6) is -0.457. The van der Waals surface area contributed by atoms with Gasteiger partial charge in [0, 0.05) is 12.4 Å². The molecule has 0 unspecified atom stereocenters. The van der Waals surface area contributed by atoms with Gasteiger partial charge in [-0.25, -0.2) is 9.78 Å². The molecule has 0 aliphatic rings. The minimum Gasteiger partial charge on any atom is -0.491 e. The van der Waals surface area contributed by atoms with Crippen molar-refractivity contribution in [3.63, 3.8) is 0 Å². The second kappa shape index (κ2) is 6.01. The number of ether oxygens (including phenoxy) is 1. The highest BCUT2D eigenvalue weighted by molar-refractivity contribution is 5.87. The Morgan fingerprint density at radius 2 is 2.11 bits per heavy atom. The van der Waals surface area contributed by atoms with Gasteiger partial charge in [-0.3, -0.25) is 0 Å². The molecule has 19 heavy (non-hydrogen) atoms. The number of imidazole rings is 1. The lowest BCUT2D eigenvalue weighted by Crippen LogP contribution is -2.23. The number of carbonyl (C=O) groups is 1. The van der Waals surface area contributed by atoms with Gasteiger partial charge in [-0.15, -0.1) is 0 Å². The third-order valence-electron chi connectivity index (χ3n) is 2.52.